The predicted octanol–water partition coefficient (Wildman–Crippen LogP) is 3.60. The molecule has 2 aromatic carbocycles. The third-order valence-corrected chi connectivity index (χ3v) is 4.19. The largest absolute Gasteiger partial charge is 0.490 e. The van der Waals surface area contributed by atoms with E-state index in [-0.39, 0.29) is 18.7 Å². The summed E-state index contributed by atoms with van der Waals surface area (Å²) in [6.45, 7) is 2.21. The highest BCUT2D eigenvalue weighted by Crippen LogP contribution is 2.30. The molecule has 0 fully saturated rings. The summed E-state index contributed by atoms with van der Waals surface area (Å²) in [4.78, 5) is 28.1. The van der Waals surface area contributed by atoms with Gasteiger partial charge in [-0.15, -0.1) is 0 Å². The Balaban J connectivity index is 1.47. The Labute approximate surface area is 183 Å². The number of amides is 2. The van der Waals surface area contributed by atoms with Crippen molar-refractivity contribution in [2.24, 2.45) is 0 Å². The monoisotopic (exact) mass is 441 g/mol. The molecule has 0 spiro atoms. The lowest BCUT2D eigenvalue weighted by molar-refractivity contribution is -0.120. The molecule has 0 aliphatic rings. The predicted molar refractivity (Wildman–Crippen MR) is 112 cm³/mol. The lowest BCUT2D eigenvalue weighted by Gasteiger charge is -2.11. The van der Waals surface area contributed by atoms with Gasteiger partial charge in [0.2, 0.25) is 11.8 Å². The summed E-state index contributed by atoms with van der Waals surface area (Å²) in [6, 6.07) is 13.1. The van der Waals surface area contributed by atoms with Gasteiger partial charge >= 0.3 is 0 Å². The second kappa shape index (κ2) is 10.9. The second-order valence-corrected chi connectivity index (χ2v) is 6.60. The first kappa shape index (κ1) is 22.7. The van der Waals surface area contributed by atoms with Crippen LogP contribution >= 0.6 is 0 Å². The fraction of sp³-hybridized carbons (Fsp3) is 0.174. The summed E-state index contributed by atoms with van der Waals surface area (Å²) in [5.74, 6) is -1.47. The van der Waals surface area contributed by atoms with Gasteiger partial charge in [0.05, 0.1) is 13.2 Å². The van der Waals surface area contributed by atoms with Gasteiger partial charge in [-0.3, -0.25) is 9.59 Å². The highest BCUT2D eigenvalue weighted by Gasteiger charge is 2.11. The van der Waals surface area contributed by atoms with Gasteiger partial charge in [0.1, 0.15) is 11.6 Å². The SMILES string of the molecule is CCOc1ccccc1Oc1ccc(CNC(=O)CNC(=O)c2cc(F)cc(F)c2)cn1. The molecule has 0 aliphatic carbocycles. The maximum absolute atomic E-state index is 13.2. The van der Waals surface area contributed by atoms with E-state index < -0.39 is 23.4 Å². The van der Waals surface area contributed by atoms with Crippen molar-refractivity contribution in [1.29, 1.82) is 0 Å². The number of pyridine rings is 1. The van der Waals surface area contributed by atoms with Crippen molar-refractivity contribution in [2.45, 2.75) is 13.5 Å². The molecule has 0 bridgehead atoms. The van der Waals surface area contributed by atoms with E-state index in [0.29, 0.717) is 35.6 Å². The molecule has 0 radical (unpaired) electrons. The van der Waals surface area contributed by atoms with Crippen molar-refractivity contribution < 1.29 is 27.8 Å². The molecule has 3 aromatic rings. The van der Waals surface area contributed by atoms with Crippen LogP contribution in [0.3, 0.4) is 0 Å². The summed E-state index contributed by atoms with van der Waals surface area (Å²) >= 11 is 0. The van der Waals surface area contributed by atoms with E-state index in [2.05, 4.69) is 15.6 Å². The number of carbonyl (C=O) groups is 2. The zero-order valence-corrected chi connectivity index (χ0v) is 17.2. The standard InChI is InChI=1S/C23H21F2N3O4/c1-2-31-19-5-3-4-6-20(19)32-22-8-7-15(13-27-22)12-26-21(29)14-28-23(30)16-9-17(24)11-18(25)10-16/h3-11,13H,2,12,14H2,1H3,(H,26,29)(H,28,30). The first-order valence-corrected chi connectivity index (χ1v) is 9.80. The number of ether oxygens (including phenoxy) is 2. The Morgan fingerprint density at radius 2 is 1.69 bits per heavy atom. The number of halogens is 2. The van der Waals surface area contributed by atoms with Crippen LogP contribution in [-0.2, 0) is 11.3 Å². The summed E-state index contributed by atoms with van der Waals surface area (Å²) < 4.78 is 37.6. The van der Waals surface area contributed by atoms with Crippen LogP contribution in [0.4, 0.5) is 8.78 Å². The number of benzene rings is 2. The molecule has 1 heterocycles. The quantitative estimate of drug-likeness (QED) is 0.530. The number of nitrogens with zero attached hydrogens (tertiary/aromatic N) is 1. The number of hydrogen-bond donors (Lipinski definition) is 2. The zero-order valence-electron chi connectivity index (χ0n) is 17.2. The molecule has 0 saturated heterocycles. The van der Waals surface area contributed by atoms with E-state index in [1.165, 1.54) is 0 Å². The van der Waals surface area contributed by atoms with Crippen molar-refractivity contribution in [3.8, 4) is 17.4 Å². The number of hydrogen-bond acceptors (Lipinski definition) is 5. The second-order valence-electron chi connectivity index (χ2n) is 6.60. The summed E-state index contributed by atoms with van der Waals surface area (Å²) in [5.41, 5.74) is 0.503. The van der Waals surface area contributed by atoms with E-state index in [4.69, 9.17) is 9.47 Å². The first-order valence-electron chi connectivity index (χ1n) is 9.80. The maximum Gasteiger partial charge on any atom is 0.251 e. The number of rotatable bonds is 9. The van der Waals surface area contributed by atoms with Crippen LogP contribution in [0.25, 0.3) is 0 Å². The van der Waals surface area contributed by atoms with Crippen molar-refractivity contribution >= 4 is 11.8 Å². The Bertz CT molecular complexity index is 1070. The van der Waals surface area contributed by atoms with Crippen molar-refractivity contribution in [2.75, 3.05) is 13.2 Å². The lowest BCUT2D eigenvalue weighted by atomic mass is 10.2. The van der Waals surface area contributed by atoms with Gasteiger partial charge in [0.25, 0.3) is 5.91 Å². The highest BCUT2D eigenvalue weighted by molar-refractivity contribution is 5.96. The smallest absolute Gasteiger partial charge is 0.251 e. The number of nitrogens with one attached hydrogen (secondary N) is 2. The molecule has 1 aromatic heterocycles. The molecule has 2 N–H and O–H groups in total. The highest BCUT2D eigenvalue weighted by atomic mass is 19.1. The average Bonchev–Trinajstić information content (AvgIpc) is 2.78. The minimum Gasteiger partial charge on any atom is -0.490 e. The van der Waals surface area contributed by atoms with E-state index in [1.807, 2.05) is 19.1 Å². The summed E-state index contributed by atoms with van der Waals surface area (Å²) in [6.07, 6.45) is 1.55. The summed E-state index contributed by atoms with van der Waals surface area (Å²) in [5, 5.41) is 4.93. The minimum absolute atomic E-state index is 0.173. The topological polar surface area (TPSA) is 89.5 Å². The molecule has 0 aliphatic heterocycles. The Hall–Kier alpha value is -4.01. The van der Waals surface area contributed by atoms with Crippen LogP contribution in [0.2, 0.25) is 0 Å². The molecule has 32 heavy (non-hydrogen) atoms. The van der Waals surface area contributed by atoms with Gasteiger partial charge in [-0.25, -0.2) is 13.8 Å². The van der Waals surface area contributed by atoms with E-state index in [9.17, 15) is 18.4 Å². The van der Waals surface area contributed by atoms with E-state index in [1.54, 1.807) is 30.5 Å². The summed E-state index contributed by atoms with van der Waals surface area (Å²) in [7, 11) is 0. The van der Waals surface area contributed by atoms with Crippen LogP contribution < -0.4 is 20.1 Å². The molecule has 166 valence electrons. The van der Waals surface area contributed by atoms with Gasteiger partial charge in [0.15, 0.2) is 11.5 Å². The molecule has 9 heteroatoms. The first-order chi connectivity index (χ1) is 15.4. The van der Waals surface area contributed by atoms with Crippen LogP contribution in [-0.4, -0.2) is 29.9 Å². The third kappa shape index (κ3) is 6.49. The maximum atomic E-state index is 13.2. The minimum atomic E-state index is -0.874. The molecule has 0 saturated carbocycles. The molecule has 0 atom stereocenters. The fourth-order valence-electron chi connectivity index (χ4n) is 2.71. The van der Waals surface area contributed by atoms with Crippen molar-refractivity contribution in [3.05, 3.63) is 83.6 Å². The molecule has 7 nitrogen and oxygen atoms in total. The van der Waals surface area contributed by atoms with Gasteiger partial charge in [-0.05, 0) is 36.8 Å². The van der Waals surface area contributed by atoms with Gasteiger partial charge in [-0.2, -0.15) is 0 Å². The molecular formula is C23H21F2N3O4. The van der Waals surface area contributed by atoms with Gasteiger partial charge in [-0.1, -0.05) is 18.2 Å². The normalized spacial score (nSPS) is 10.3. The van der Waals surface area contributed by atoms with Crippen LogP contribution in [0.15, 0.2) is 60.8 Å². The van der Waals surface area contributed by atoms with Crippen LogP contribution in [0.1, 0.15) is 22.8 Å². The Morgan fingerprint density at radius 1 is 0.969 bits per heavy atom. The number of carbonyl (C=O) groups excluding carboxylic acids is 2. The van der Waals surface area contributed by atoms with Crippen molar-refractivity contribution in [1.82, 2.24) is 15.6 Å². The molecular weight excluding hydrogens is 420 g/mol. The fourth-order valence-corrected chi connectivity index (χ4v) is 2.71. The zero-order chi connectivity index (χ0) is 22.9. The molecule has 3 rings (SSSR count). The molecule has 0 unspecified atom stereocenters. The van der Waals surface area contributed by atoms with E-state index >= 15 is 0 Å². The molecule has 2 amide bonds. The third-order valence-electron chi connectivity index (χ3n) is 4.19. The Kier molecular flexibility index (Phi) is 7.69. The Morgan fingerprint density at radius 3 is 2.34 bits per heavy atom. The van der Waals surface area contributed by atoms with E-state index in [0.717, 1.165) is 12.1 Å². The van der Waals surface area contributed by atoms with Gasteiger partial charge < -0.3 is 20.1 Å². The van der Waals surface area contributed by atoms with Gasteiger partial charge in [0, 0.05) is 30.4 Å². The van der Waals surface area contributed by atoms with Crippen LogP contribution in [0.5, 0.6) is 17.4 Å². The van der Waals surface area contributed by atoms with Crippen molar-refractivity contribution in [3.63, 3.8) is 0 Å². The number of aromatic nitrogens is 1. The van der Waals surface area contributed by atoms with Crippen LogP contribution in [0, 0.1) is 11.6 Å². The average molecular weight is 441 g/mol. The lowest BCUT2D eigenvalue weighted by Crippen LogP contribution is -2.36. The number of para-hydroxylation sites is 2.